The zero-order valence-electron chi connectivity index (χ0n) is 4.96. The van der Waals surface area contributed by atoms with E-state index in [0.717, 1.165) is 18.4 Å². The number of rotatable bonds is 0. The van der Waals surface area contributed by atoms with Crippen molar-refractivity contribution in [2.75, 3.05) is 0 Å². The first-order valence-corrected chi connectivity index (χ1v) is 2.84. The normalized spacial score (nSPS) is 23.3. The third-order valence-electron chi connectivity index (χ3n) is 1.47. The highest BCUT2D eigenvalue weighted by Gasteiger charge is 2.21. The molecule has 0 aliphatic heterocycles. The maximum absolute atomic E-state index is 8.31. The van der Waals surface area contributed by atoms with Gasteiger partial charge in [-0.25, -0.2) is 0 Å². The lowest BCUT2D eigenvalue weighted by Crippen LogP contribution is -2.11. The topological polar surface area (TPSA) is 47.6 Å². The highest BCUT2D eigenvalue weighted by atomic mass is 14.3. The Morgan fingerprint density at radius 1 is 1.44 bits per heavy atom. The van der Waals surface area contributed by atoms with Crippen LogP contribution in [0.2, 0.25) is 0 Å². The minimum absolute atomic E-state index is 0.185. The summed E-state index contributed by atoms with van der Waals surface area (Å²) in [4.78, 5) is 0. The van der Waals surface area contributed by atoms with Crippen molar-refractivity contribution in [1.82, 2.24) is 0 Å². The Morgan fingerprint density at radius 3 is 2.56 bits per heavy atom. The maximum atomic E-state index is 8.31. The van der Waals surface area contributed by atoms with E-state index in [9.17, 15) is 0 Å². The fourth-order valence-corrected chi connectivity index (χ4v) is 0.874. The lowest BCUT2D eigenvalue weighted by Gasteiger charge is -2.21. The second-order valence-electron chi connectivity index (χ2n) is 2.17. The standard InChI is InChI=1S/C7H6N2/c8-2-1-6-3-7(4-6)5-9/h1,7H,3-4H2. The molecule has 0 radical (unpaired) electrons. The summed E-state index contributed by atoms with van der Waals surface area (Å²) in [6.45, 7) is 0. The van der Waals surface area contributed by atoms with Gasteiger partial charge in [0.2, 0.25) is 0 Å². The Balaban J connectivity index is 2.39. The van der Waals surface area contributed by atoms with Gasteiger partial charge in [0.05, 0.1) is 18.1 Å². The summed E-state index contributed by atoms with van der Waals surface area (Å²) in [5.74, 6) is 0.185. The van der Waals surface area contributed by atoms with Crippen molar-refractivity contribution in [3.05, 3.63) is 11.6 Å². The molecule has 0 N–H and O–H groups in total. The molecule has 1 aliphatic rings. The molecule has 2 nitrogen and oxygen atoms in total. The van der Waals surface area contributed by atoms with Crippen molar-refractivity contribution in [1.29, 1.82) is 10.5 Å². The van der Waals surface area contributed by atoms with Gasteiger partial charge in [0, 0.05) is 6.08 Å². The van der Waals surface area contributed by atoms with Gasteiger partial charge in [-0.3, -0.25) is 0 Å². The van der Waals surface area contributed by atoms with Crippen molar-refractivity contribution in [2.45, 2.75) is 12.8 Å². The van der Waals surface area contributed by atoms with Crippen molar-refractivity contribution in [3.8, 4) is 12.1 Å². The van der Waals surface area contributed by atoms with E-state index in [1.807, 2.05) is 6.07 Å². The molecular weight excluding hydrogens is 112 g/mol. The zero-order chi connectivity index (χ0) is 6.69. The fraction of sp³-hybridized carbons (Fsp3) is 0.429. The quantitative estimate of drug-likeness (QED) is 0.451. The van der Waals surface area contributed by atoms with E-state index in [4.69, 9.17) is 10.5 Å². The van der Waals surface area contributed by atoms with E-state index in [-0.39, 0.29) is 5.92 Å². The monoisotopic (exact) mass is 118 g/mol. The molecule has 0 aromatic carbocycles. The summed E-state index contributed by atoms with van der Waals surface area (Å²) in [7, 11) is 0. The SMILES string of the molecule is N#CC=C1CC(C#N)C1. The highest BCUT2D eigenvalue weighted by molar-refractivity contribution is 5.23. The van der Waals surface area contributed by atoms with Gasteiger partial charge in [-0.15, -0.1) is 0 Å². The molecule has 0 aromatic heterocycles. The third kappa shape index (κ3) is 1.09. The molecule has 0 saturated heterocycles. The van der Waals surface area contributed by atoms with Crippen LogP contribution in [0, 0.1) is 28.6 Å². The van der Waals surface area contributed by atoms with Crippen LogP contribution in [0.5, 0.6) is 0 Å². The van der Waals surface area contributed by atoms with Gasteiger partial charge in [-0.05, 0) is 12.8 Å². The van der Waals surface area contributed by atoms with E-state index in [0.29, 0.717) is 0 Å². The molecular formula is C7H6N2. The van der Waals surface area contributed by atoms with E-state index in [1.165, 1.54) is 6.08 Å². The number of allylic oxidation sites excluding steroid dienone is 2. The van der Waals surface area contributed by atoms with E-state index in [1.54, 1.807) is 0 Å². The number of hydrogen-bond donors (Lipinski definition) is 0. The number of nitriles is 2. The number of nitrogens with zero attached hydrogens (tertiary/aromatic N) is 2. The van der Waals surface area contributed by atoms with Crippen molar-refractivity contribution >= 4 is 0 Å². The van der Waals surface area contributed by atoms with Crippen LogP contribution in [0.15, 0.2) is 11.6 Å². The molecule has 0 heterocycles. The Kier molecular flexibility index (Phi) is 1.51. The van der Waals surface area contributed by atoms with Crippen LogP contribution in [0.1, 0.15) is 12.8 Å². The molecule has 44 valence electrons. The van der Waals surface area contributed by atoms with E-state index in [2.05, 4.69) is 6.07 Å². The van der Waals surface area contributed by atoms with Crippen LogP contribution < -0.4 is 0 Å². The van der Waals surface area contributed by atoms with E-state index < -0.39 is 0 Å². The molecule has 0 amide bonds. The van der Waals surface area contributed by atoms with Gasteiger partial charge in [0.1, 0.15) is 0 Å². The molecule has 1 saturated carbocycles. The molecule has 0 atom stereocenters. The summed E-state index contributed by atoms with van der Waals surface area (Å²) >= 11 is 0. The maximum Gasteiger partial charge on any atom is 0.0911 e. The summed E-state index contributed by atoms with van der Waals surface area (Å²) in [5, 5.41) is 16.5. The molecule has 9 heavy (non-hydrogen) atoms. The Morgan fingerprint density at radius 2 is 2.11 bits per heavy atom. The van der Waals surface area contributed by atoms with Crippen LogP contribution in [0.3, 0.4) is 0 Å². The first kappa shape index (κ1) is 5.85. The average Bonchev–Trinajstić information content (AvgIpc) is 1.77. The smallest absolute Gasteiger partial charge is 0.0911 e. The van der Waals surface area contributed by atoms with Gasteiger partial charge in [0.15, 0.2) is 0 Å². The molecule has 0 bridgehead atoms. The molecule has 1 fully saturated rings. The third-order valence-corrected chi connectivity index (χ3v) is 1.47. The summed E-state index contributed by atoms with van der Waals surface area (Å²) in [6.07, 6.45) is 3.15. The van der Waals surface area contributed by atoms with Crippen molar-refractivity contribution in [3.63, 3.8) is 0 Å². The van der Waals surface area contributed by atoms with Crippen LogP contribution in [0.25, 0.3) is 0 Å². The predicted octanol–water partition coefficient (Wildman–Crippen LogP) is 1.37. The molecule has 0 spiro atoms. The Bertz CT molecular complexity index is 206. The molecule has 2 heteroatoms. The van der Waals surface area contributed by atoms with Crippen LogP contribution in [-0.2, 0) is 0 Å². The highest BCUT2D eigenvalue weighted by Crippen LogP contribution is 2.31. The first-order valence-electron chi connectivity index (χ1n) is 2.84. The van der Waals surface area contributed by atoms with Crippen LogP contribution in [-0.4, -0.2) is 0 Å². The average molecular weight is 118 g/mol. The summed E-state index contributed by atoms with van der Waals surface area (Å²) in [5.41, 5.74) is 1.11. The number of hydrogen-bond acceptors (Lipinski definition) is 2. The minimum atomic E-state index is 0.185. The molecule has 0 aromatic rings. The Labute approximate surface area is 54.0 Å². The van der Waals surface area contributed by atoms with E-state index >= 15 is 0 Å². The summed E-state index contributed by atoms with van der Waals surface area (Å²) < 4.78 is 0. The molecule has 1 aliphatic carbocycles. The van der Waals surface area contributed by atoms with Crippen molar-refractivity contribution < 1.29 is 0 Å². The largest absolute Gasteiger partial charge is 0.198 e. The molecule has 0 unspecified atom stereocenters. The minimum Gasteiger partial charge on any atom is -0.198 e. The lowest BCUT2D eigenvalue weighted by atomic mass is 9.81. The summed E-state index contributed by atoms with van der Waals surface area (Å²) in [6, 6.07) is 4.08. The lowest BCUT2D eigenvalue weighted by molar-refractivity contribution is 0.527. The second kappa shape index (κ2) is 2.33. The first-order chi connectivity index (χ1) is 4.36. The predicted molar refractivity (Wildman–Crippen MR) is 32.0 cm³/mol. The second-order valence-corrected chi connectivity index (χ2v) is 2.17. The zero-order valence-corrected chi connectivity index (χ0v) is 4.96. The van der Waals surface area contributed by atoms with Crippen LogP contribution in [0.4, 0.5) is 0 Å². The van der Waals surface area contributed by atoms with Crippen LogP contribution >= 0.6 is 0 Å². The van der Waals surface area contributed by atoms with Gasteiger partial charge in [0.25, 0.3) is 0 Å². The Hall–Kier alpha value is -1.28. The van der Waals surface area contributed by atoms with Gasteiger partial charge < -0.3 is 0 Å². The van der Waals surface area contributed by atoms with Gasteiger partial charge in [-0.2, -0.15) is 10.5 Å². The van der Waals surface area contributed by atoms with Gasteiger partial charge >= 0.3 is 0 Å². The fourth-order valence-electron chi connectivity index (χ4n) is 0.874. The molecule has 1 rings (SSSR count). The van der Waals surface area contributed by atoms with Crippen molar-refractivity contribution in [2.24, 2.45) is 5.92 Å². The van der Waals surface area contributed by atoms with Gasteiger partial charge in [-0.1, -0.05) is 5.57 Å².